The van der Waals surface area contributed by atoms with Crippen LogP contribution in [-0.4, -0.2) is 27.6 Å². The Balaban J connectivity index is 2.00. The Labute approximate surface area is 134 Å². The van der Waals surface area contributed by atoms with E-state index in [4.69, 9.17) is 0 Å². The largest absolute Gasteiger partial charge is 0.326 e. The molecule has 7 heteroatoms. The van der Waals surface area contributed by atoms with Crippen molar-refractivity contribution >= 4 is 27.3 Å². The molecule has 0 fully saturated rings. The molecule has 0 saturated heterocycles. The molecular formula is C16H17FN2O3S. The van der Waals surface area contributed by atoms with Crippen molar-refractivity contribution in [3.8, 4) is 0 Å². The first-order valence-electron chi connectivity index (χ1n) is 6.84. The minimum absolute atomic E-state index is 0.130. The number of benzene rings is 2. The third kappa shape index (κ3) is 4.79. The lowest BCUT2D eigenvalue weighted by Gasteiger charge is -2.16. The second kappa shape index (κ2) is 6.78. The van der Waals surface area contributed by atoms with Crippen LogP contribution in [0.5, 0.6) is 0 Å². The van der Waals surface area contributed by atoms with Crippen molar-refractivity contribution < 1.29 is 17.6 Å². The van der Waals surface area contributed by atoms with Crippen molar-refractivity contribution in [2.45, 2.75) is 6.42 Å². The molecule has 0 spiro atoms. The van der Waals surface area contributed by atoms with Gasteiger partial charge in [-0.2, -0.15) is 0 Å². The van der Waals surface area contributed by atoms with Crippen molar-refractivity contribution in [3.63, 3.8) is 0 Å². The lowest BCUT2D eigenvalue weighted by molar-refractivity contribution is -0.115. The van der Waals surface area contributed by atoms with E-state index >= 15 is 0 Å². The predicted molar refractivity (Wildman–Crippen MR) is 88.4 cm³/mol. The van der Waals surface area contributed by atoms with E-state index in [9.17, 15) is 17.6 Å². The number of rotatable bonds is 5. The Kier molecular flexibility index (Phi) is 5.00. The summed E-state index contributed by atoms with van der Waals surface area (Å²) in [5.41, 5.74) is 1.77. The molecule has 0 aliphatic heterocycles. The molecule has 2 aromatic rings. The average Bonchev–Trinajstić information content (AvgIpc) is 2.49. The van der Waals surface area contributed by atoms with Gasteiger partial charge in [-0.05, 0) is 42.0 Å². The van der Waals surface area contributed by atoms with Crippen LogP contribution in [0.1, 0.15) is 5.56 Å². The first-order valence-corrected chi connectivity index (χ1v) is 8.69. The van der Waals surface area contributed by atoms with Gasteiger partial charge in [-0.1, -0.05) is 12.1 Å². The maximum Gasteiger partial charge on any atom is 0.231 e. The summed E-state index contributed by atoms with van der Waals surface area (Å²) in [4.78, 5) is 11.9. The van der Waals surface area contributed by atoms with Gasteiger partial charge in [0, 0.05) is 12.7 Å². The summed E-state index contributed by atoms with van der Waals surface area (Å²) in [6, 6.07) is 12.2. The molecule has 0 radical (unpaired) electrons. The summed E-state index contributed by atoms with van der Waals surface area (Å²) in [6.07, 6.45) is 1.25. The molecule has 23 heavy (non-hydrogen) atoms. The van der Waals surface area contributed by atoms with Gasteiger partial charge in [0.25, 0.3) is 0 Å². The van der Waals surface area contributed by atoms with Gasteiger partial charge < -0.3 is 5.32 Å². The molecule has 0 aromatic heterocycles. The fourth-order valence-corrected chi connectivity index (χ4v) is 2.44. The van der Waals surface area contributed by atoms with E-state index in [1.54, 1.807) is 36.4 Å². The smallest absolute Gasteiger partial charge is 0.231 e. The monoisotopic (exact) mass is 336 g/mol. The van der Waals surface area contributed by atoms with Gasteiger partial charge in [-0.15, -0.1) is 0 Å². The molecule has 1 N–H and O–H groups in total. The second-order valence-corrected chi connectivity index (χ2v) is 7.14. The van der Waals surface area contributed by atoms with Crippen LogP contribution in [0.4, 0.5) is 15.8 Å². The number of sulfonamides is 1. The Morgan fingerprint density at radius 2 is 1.65 bits per heavy atom. The fraction of sp³-hybridized carbons (Fsp3) is 0.188. The van der Waals surface area contributed by atoms with E-state index < -0.39 is 10.0 Å². The SMILES string of the molecule is CN(c1ccc(NC(=O)Cc2ccc(F)cc2)cc1)S(C)(=O)=O. The van der Waals surface area contributed by atoms with Gasteiger partial charge in [0.05, 0.1) is 18.4 Å². The fourth-order valence-electron chi connectivity index (χ4n) is 1.94. The van der Waals surface area contributed by atoms with E-state index in [-0.39, 0.29) is 18.1 Å². The quantitative estimate of drug-likeness (QED) is 0.912. The summed E-state index contributed by atoms with van der Waals surface area (Å²) in [6.45, 7) is 0. The van der Waals surface area contributed by atoms with Crippen molar-refractivity contribution in [1.82, 2.24) is 0 Å². The normalized spacial score (nSPS) is 11.1. The lowest BCUT2D eigenvalue weighted by atomic mass is 10.1. The molecule has 0 unspecified atom stereocenters. The highest BCUT2D eigenvalue weighted by molar-refractivity contribution is 7.92. The molecular weight excluding hydrogens is 319 g/mol. The van der Waals surface area contributed by atoms with E-state index in [0.29, 0.717) is 16.9 Å². The first-order chi connectivity index (χ1) is 10.8. The van der Waals surface area contributed by atoms with Crippen LogP contribution in [0.25, 0.3) is 0 Å². The van der Waals surface area contributed by atoms with Crippen molar-refractivity contribution in [2.24, 2.45) is 0 Å². The molecule has 2 rings (SSSR count). The number of nitrogens with zero attached hydrogens (tertiary/aromatic N) is 1. The first kappa shape index (κ1) is 17.0. The summed E-state index contributed by atoms with van der Waals surface area (Å²) >= 11 is 0. The molecule has 0 saturated carbocycles. The Hall–Kier alpha value is -2.41. The van der Waals surface area contributed by atoms with E-state index in [2.05, 4.69) is 5.32 Å². The summed E-state index contributed by atoms with van der Waals surface area (Å²) in [5.74, 6) is -0.583. The molecule has 0 atom stereocenters. The van der Waals surface area contributed by atoms with Crippen molar-refractivity contribution in [1.29, 1.82) is 0 Å². The van der Waals surface area contributed by atoms with Crippen LogP contribution in [-0.2, 0) is 21.2 Å². The molecule has 0 aliphatic rings. The van der Waals surface area contributed by atoms with Gasteiger partial charge >= 0.3 is 0 Å². The highest BCUT2D eigenvalue weighted by atomic mass is 32.2. The highest BCUT2D eigenvalue weighted by Crippen LogP contribution is 2.19. The molecule has 122 valence electrons. The molecule has 0 aliphatic carbocycles. The van der Waals surface area contributed by atoms with E-state index in [1.807, 2.05) is 0 Å². The van der Waals surface area contributed by atoms with Crippen LogP contribution in [0, 0.1) is 5.82 Å². The number of hydrogen-bond acceptors (Lipinski definition) is 3. The molecule has 0 heterocycles. The predicted octanol–water partition coefficient (Wildman–Crippen LogP) is 2.40. The number of hydrogen-bond donors (Lipinski definition) is 1. The zero-order valence-electron chi connectivity index (χ0n) is 12.8. The molecule has 5 nitrogen and oxygen atoms in total. The van der Waals surface area contributed by atoms with Crippen LogP contribution >= 0.6 is 0 Å². The number of carbonyl (C=O) groups is 1. The van der Waals surface area contributed by atoms with Crippen molar-refractivity contribution in [3.05, 3.63) is 59.9 Å². The van der Waals surface area contributed by atoms with Gasteiger partial charge in [0.1, 0.15) is 5.82 Å². The minimum Gasteiger partial charge on any atom is -0.326 e. The van der Waals surface area contributed by atoms with Gasteiger partial charge in [0.2, 0.25) is 15.9 Å². The van der Waals surface area contributed by atoms with Crippen LogP contribution in [0.3, 0.4) is 0 Å². The van der Waals surface area contributed by atoms with Crippen molar-refractivity contribution in [2.75, 3.05) is 22.9 Å². The number of halogens is 1. The van der Waals surface area contributed by atoms with Gasteiger partial charge in [-0.3, -0.25) is 9.10 Å². The summed E-state index contributed by atoms with van der Waals surface area (Å²) in [7, 11) is -1.86. The Morgan fingerprint density at radius 3 is 2.17 bits per heavy atom. The zero-order chi connectivity index (χ0) is 17.0. The van der Waals surface area contributed by atoms with E-state index in [0.717, 1.165) is 10.6 Å². The molecule has 1 amide bonds. The average molecular weight is 336 g/mol. The standard InChI is InChI=1S/C16H17FN2O3S/c1-19(23(2,21)22)15-9-7-14(8-10-15)18-16(20)11-12-3-5-13(17)6-4-12/h3-10H,11H2,1-2H3,(H,18,20). The maximum absolute atomic E-state index is 12.8. The zero-order valence-corrected chi connectivity index (χ0v) is 13.6. The Morgan fingerprint density at radius 1 is 1.09 bits per heavy atom. The minimum atomic E-state index is -3.32. The van der Waals surface area contributed by atoms with E-state index in [1.165, 1.54) is 19.2 Å². The summed E-state index contributed by atoms with van der Waals surface area (Å²) in [5, 5.41) is 2.71. The second-order valence-electron chi connectivity index (χ2n) is 5.13. The third-order valence-corrected chi connectivity index (χ3v) is 4.50. The summed E-state index contributed by atoms with van der Waals surface area (Å²) < 4.78 is 36.9. The van der Waals surface area contributed by atoms with Crippen LogP contribution < -0.4 is 9.62 Å². The number of carbonyl (C=O) groups excluding carboxylic acids is 1. The third-order valence-electron chi connectivity index (χ3n) is 3.29. The van der Waals surface area contributed by atoms with Crippen LogP contribution in [0.15, 0.2) is 48.5 Å². The number of anilines is 2. The van der Waals surface area contributed by atoms with Gasteiger partial charge in [-0.25, -0.2) is 12.8 Å². The highest BCUT2D eigenvalue weighted by Gasteiger charge is 2.11. The van der Waals surface area contributed by atoms with Gasteiger partial charge in [0.15, 0.2) is 0 Å². The molecule has 0 bridgehead atoms. The number of amides is 1. The molecule has 2 aromatic carbocycles. The Bertz CT molecular complexity index is 787. The lowest BCUT2D eigenvalue weighted by Crippen LogP contribution is -2.24. The maximum atomic E-state index is 12.8. The topological polar surface area (TPSA) is 66.5 Å². The number of nitrogens with one attached hydrogen (secondary N) is 1. The van der Waals surface area contributed by atoms with Crippen LogP contribution in [0.2, 0.25) is 0 Å².